The zero-order valence-corrected chi connectivity index (χ0v) is 17.7. The quantitative estimate of drug-likeness (QED) is 0.458. The van der Waals surface area contributed by atoms with E-state index in [-0.39, 0.29) is 10.8 Å². The van der Waals surface area contributed by atoms with Gasteiger partial charge in [-0.15, -0.1) is 0 Å². The third kappa shape index (κ3) is 6.88. The first kappa shape index (κ1) is 22.4. The van der Waals surface area contributed by atoms with E-state index >= 15 is 0 Å². The number of aliphatic imine (C=N–C) groups is 1. The van der Waals surface area contributed by atoms with Crippen molar-refractivity contribution in [2.75, 3.05) is 27.7 Å². The summed E-state index contributed by atoms with van der Waals surface area (Å²) in [4.78, 5) is 17.9. The van der Waals surface area contributed by atoms with Crippen molar-refractivity contribution in [1.29, 1.82) is 0 Å². The van der Waals surface area contributed by atoms with Crippen LogP contribution in [0.15, 0.2) is 58.4 Å². The molecule has 0 bridgehead atoms. The molecule has 0 unspecified atom stereocenters. The molecule has 0 atom stereocenters. The Hall–Kier alpha value is -2.91. The van der Waals surface area contributed by atoms with Crippen molar-refractivity contribution in [2.24, 2.45) is 10.1 Å². The predicted molar refractivity (Wildman–Crippen MR) is 114 cm³/mol. The highest BCUT2D eigenvalue weighted by molar-refractivity contribution is 7.89. The van der Waals surface area contributed by atoms with E-state index in [1.54, 1.807) is 44.2 Å². The lowest BCUT2D eigenvalue weighted by molar-refractivity contribution is 0.0827. The Labute approximate surface area is 171 Å². The minimum atomic E-state index is -3.69. The average molecular weight is 418 g/mol. The number of nitrogens with one attached hydrogen (secondary N) is 2. The molecule has 0 aliphatic carbocycles. The molecule has 0 aliphatic rings. The third-order valence-corrected chi connectivity index (χ3v) is 5.15. The summed E-state index contributed by atoms with van der Waals surface area (Å²) >= 11 is 0. The Balaban J connectivity index is 1.85. The summed E-state index contributed by atoms with van der Waals surface area (Å²) in [6.07, 6.45) is 0.734. The normalized spacial score (nSPS) is 11.8. The molecule has 0 aliphatic heterocycles. The molecular weight excluding hydrogens is 390 g/mol. The van der Waals surface area contributed by atoms with Crippen LogP contribution >= 0.6 is 0 Å². The number of hydrogen-bond acceptors (Lipinski definition) is 4. The second-order valence-electron chi connectivity index (χ2n) is 6.69. The van der Waals surface area contributed by atoms with Gasteiger partial charge in [0.25, 0.3) is 5.91 Å². The molecule has 0 aromatic heterocycles. The summed E-state index contributed by atoms with van der Waals surface area (Å²) in [5.41, 5.74) is 2.62. The molecule has 0 heterocycles. The summed E-state index contributed by atoms with van der Waals surface area (Å²) in [6.45, 7) is 1.13. The van der Waals surface area contributed by atoms with E-state index < -0.39 is 10.0 Å². The minimum Gasteiger partial charge on any atom is -0.356 e. The van der Waals surface area contributed by atoms with Gasteiger partial charge in [0.15, 0.2) is 5.96 Å². The Morgan fingerprint density at radius 1 is 1.07 bits per heavy atom. The third-order valence-electron chi connectivity index (χ3n) is 4.22. The first-order chi connectivity index (χ1) is 13.7. The largest absolute Gasteiger partial charge is 0.356 e. The molecule has 0 saturated heterocycles. The summed E-state index contributed by atoms with van der Waals surface area (Å²) in [6, 6.07) is 13.9. The number of amides is 1. The van der Waals surface area contributed by atoms with Crippen molar-refractivity contribution in [3.8, 4) is 0 Å². The van der Waals surface area contributed by atoms with Gasteiger partial charge in [-0.2, -0.15) is 0 Å². The maximum absolute atomic E-state index is 12.1. The first-order valence-electron chi connectivity index (χ1n) is 9.07. The molecule has 0 spiro atoms. The fraction of sp³-hybridized carbons (Fsp3) is 0.300. The predicted octanol–water partition coefficient (Wildman–Crippen LogP) is 0.944. The van der Waals surface area contributed by atoms with Crippen LogP contribution in [0.5, 0.6) is 0 Å². The summed E-state index contributed by atoms with van der Waals surface area (Å²) in [5, 5.41) is 11.5. The zero-order valence-electron chi connectivity index (χ0n) is 16.8. The number of nitrogens with two attached hydrogens (primary N) is 1. The summed E-state index contributed by atoms with van der Waals surface area (Å²) < 4.78 is 22.6. The van der Waals surface area contributed by atoms with Crippen molar-refractivity contribution in [3.05, 3.63) is 65.2 Å². The fourth-order valence-corrected chi connectivity index (χ4v) is 3.16. The van der Waals surface area contributed by atoms with Crippen LogP contribution in [0, 0.1) is 0 Å². The lowest BCUT2D eigenvalue weighted by Crippen LogP contribution is -2.37. The molecule has 0 radical (unpaired) electrons. The van der Waals surface area contributed by atoms with Crippen molar-refractivity contribution in [1.82, 2.24) is 15.5 Å². The molecule has 8 nitrogen and oxygen atoms in total. The Bertz CT molecular complexity index is 970. The lowest BCUT2D eigenvalue weighted by Gasteiger charge is -2.13. The molecule has 2 rings (SSSR count). The maximum atomic E-state index is 12.1. The van der Waals surface area contributed by atoms with Crippen molar-refractivity contribution in [3.63, 3.8) is 0 Å². The Morgan fingerprint density at radius 2 is 1.76 bits per heavy atom. The number of benzene rings is 2. The van der Waals surface area contributed by atoms with E-state index in [0.717, 1.165) is 17.5 Å². The van der Waals surface area contributed by atoms with Gasteiger partial charge < -0.3 is 15.5 Å². The van der Waals surface area contributed by atoms with Gasteiger partial charge in [0.2, 0.25) is 10.0 Å². The van der Waals surface area contributed by atoms with Crippen LogP contribution in [0.4, 0.5) is 0 Å². The van der Waals surface area contributed by atoms with Crippen molar-refractivity contribution < 1.29 is 13.2 Å². The molecule has 0 fully saturated rings. The van der Waals surface area contributed by atoms with Crippen molar-refractivity contribution >= 4 is 21.9 Å². The number of rotatable bonds is 7. The Morgan fingerprint density at radius 3 is 2.34 bits per heavy atom. The topological polar surface area (TPSA) is 117 Å². The molecule has 0 saturated carbocycles. The van der Waals surface area contributed by atoms with Crippen LogP contribution in [0.2, 0.25) is 0 Å². The smallest absolute Gasteiger partial charge is 0.253 e. The molecule has 2 aromatic carbocycles. The number of hydrogen-bond donors (Lipinski definition) is 3. The fourth-order valence-electron chi connectivity index (χ4n) is 2.65. The van der Waals surface area contributed by atoms with E-state index in [0.29, 0.717) is 24.6 Å². The van der Waals surface area contributed by atoms with Gasteiger partial charge in [0, 0.05) is 39.8 Å². The van der Waals surface area contributed by atoms with Gasteiger partial charge in [-0.1, -0.05) is 24.3 Å². The first-order valence-corrected chi connectivity index (χ1v) is 10.6. The molecule has 4 N–H and O–H groups in total. The zero-order chi connectivity index (χ0) is 21.4. The highest BCUT2D eigenvalue weighted by Crippen LogP contribution is 2.09. The number of guanidine groups is 1. The van der Waals surface area contributed by atoms with Crippen LogP contribution in [0.1, 0.15) is 21.5 Å². The monoisotopic (exact) mass is 417 g/mol. The van der Waals surface area contributed by atoms with E-state index in [4.69, 9.17) is 5.14 Å². The van der Waals surface area contributed by atoms with Crippen LogP contribution in [0.25, 0.3) is 0 Å². The highest BCUT2D eigenvalue weighted by atomic mass is 32.2. The molecule has 29 heavy (non-hydrogen) atoms. The van der Waals surface area contributed by atoms with E-state index in [9.17, 15) is 13.2 Å². The van der Waals surface area contributed by atoms with Gasteiger partial charge in [-0.3, -0.25) is 9.79 Å². The summed E-state index contributed by atoms with van der Waals surface area (Å²) in [5.74, 6) is 0.604. The van der Waals surface area contributed by atoms with Gasteiger partial charge in [0.05, 0.1) is 4.90 Å². The number of nitrogens with zero attached hydrogens (tertiary/aromatic N) is 2. The van der Waals surface area contributed by atoms with Crippen LogP contribution in [-0.2, 0) is 23.0 Å². The number of carbonyl (C=O) groups excluding carboxylic acids is 1. The highest BCUT2D eigenvalue weighted by Gasteiger charge is 2.09. The molecular formula is C20H27N5O3S. The second-order valence-corrected chi connectivity index (χ2v) is 8.25. The lowest BCUT2D eigenvalue weighted by atomic mass is 10.1. The standard InChI is InChI=1S/C20H27N5O3S/c1-22-20(24-14-16-7-9-18(10-8-16)29(21,27)28)23-12-11-15-5-4-6-17(13-15)19(26)25(2)3/h4-10,13H,11-12,14H2,1-3H3,(H2,21,27,28)(H2,22,23,24). The SMILES string of the molecule is CN=C(NCCc1cccc(C(=O)N(C)C)c1)NCc1ccc(S(N)(=O)=O)cc1. The second kappa shape index (κ2) is 10.0. The van der Waals surface area contributed by atoms with Crippen molar-refractivity contribution in [2.45, 2.75) is 17.9 Å². The van der Waals surface area contributed by atoms with E-state index in [1.807, 2.05) is 18.2 Å². The number of primary sulfonamides is 1. The van der Waals surface area contributed by atoms with Gasteiger partial charge in [0.1, 0.15) is 0 Å². The van der Waals surface area contributed by atoms with Gasteiger partial charge in [-0.25, -0.2) is 13.6 Å². The summed E-state index contributed by atoms with van der Waals surface area (Å²) in [7, 11) is 1.45. The maximum Gasteiger partial charge on any atom is 0.253 e. The molecule has 9 heteroatoms. The molecule has 156 valence electrons. The molecule has 1 amide bonds. The van der Waals surface area contributed by atoms with Gasteiger partial charge in [-0.05, 0) is 41.8 Å². The molecule has 2 aromatic rings. The Kier molecular flexibility index (Phi) is 7.74. The minimum absolute atomic E-state index is 0.0225. The van der Waals surface area contributed by atoms with Crippen LogP contribution in [-0.4, -0.2) is 52.9 Å². The average Bonchev–Trinajstić information content (AvgIpc) is 2.69. The van der Waals surface area contributed by atoms with Crippen LogP contribution < -0.4 is 15.8 Å². The van der Waals surface area contributed by atoms with E-state index in [2.05, 4.69) is 15.6 Å². The van der Waals surface area contributed by atoms with E-state index in [1.165, 1.54) is 12.1 Å². The number of sulfonamides is 1. The van der Waals surface area contributed by atoms with Gasteiger partial charge >= 0.3 is 0 Å². The number of carbonyl (C=O) groups is 1. The van der Waals surface area contributed by atoms with Crippen LogP contribution in [0.3, 0.4) is 0 Å².